The number of hydrogen-bond donors (Lipinski definition) is 1. The molecule has 0 bridgehead atoms. The first kappa shape index (κ1) is 34.8. The summed E-state index contributed by atoms with van der Waals surface area (Å²) >= 11 is 0. The van der Waals surface area contributed by atoms with Gasteiger partial charge in [-0.3, -0.25) is 13.9 Å². The van der Waals surface area contributed by atoms with Gasteiger partial charge in [0.2, 0.25) is 11.8 Å². The summed E-state index contributed by atoms with van der Waals surface area (Å²) in [4.78, 5) is 29.8. The van der Waals surface area contributed by atoms with Gasteiger partial charge in [-0.25, -0.2) is 8.42 Å². The van der Waals surface area contributed by atoms with Gasteiger partial charge in [0.15, 0.2) is 11.5 Å². The van der Waals surface area contributed by atoms with E-state index >= 15 is 0 Å². The second kappa shape index (κ2) is 15.5. The Morgan fingerprint density at radius 1 is 0.891 bits per heavy atom. The van der Waals surface area contributed by atoms with Crippen LogP contribution in [0.15, 0.2) is 65.6 Å². The summed E-state index contributed by atoms with van der Waals surface area (Å²) in [7, 11) is -1.37. The van der Waals surface area contributed by atoms with E-state index in [1.54, 1.807) is 17.0 Å². The molecular formula is C36H47N3O6S. The Morgan fingerprint density at radius 2 is 1.54 bits per heavy atom. The van der Waals surface area contributed by atoms with Gasteiger partial charge in [-0.2, -0.15) is 0 Å². The van der Waals surface area contributed by atoms with Gasteiger partial charge in [-0.15, -0.1) is 0 Å². The average Bonchev–Trinajstić information content (AvgIpc) is 3.03. The first-order valence-corrected chi connectivity index (χ1v) is 17.4. The number of anilines is 1. The predicted octanol–water partition coefficient (Wildman–Crippen LogP) is 6.08. The molecule has 0 spiro atoms. The summed E-state index contributed by atoms with van der Waals surface area (Å²) in [6.07, 6.45) is 5.49. The number of nitrogens with one attached hydrogen (secondary N) is 1. The monoisotopic (exact) mass is 649 g/mol. The Kier molecular flexibility index (Phi) is 11.7. The number of sulfonamides is 1. The number of amides is 2. The van der Waals surface area contributed by atoms with Gasteiger partial charge < -0.3 is 19.7 Å². The van der Waals surface area contributed by atoms with Crippen molar-refractivity contribution in [3.8, 4) is 11.5 Å². The topological polar surface area (TPSA) is 105 Å². The Labute approximate surface area is 273 Å². The lowest BCUT2D eigenvalue weighted by molar-refractivity contribution is -0.140. The maximum atomic E-state index is 14.5. The summed E-state index contributed by atoms with van der Waals surface area (Å²) in [5.74, 6) is -0.0503. The standard InChI is InChI=1S/C36H47N3O6S/c1-7-32(36(41)37-29-15-9-8-10-16-29)38(23-28-14-12-11-13-27(28)4)35(40)24-39(30-20-25(2)19-26(3)21-30)46(42,43)31-17-18-33(44-5)34(22-31)45-6/h11-14,17-22,29,32H,7-10,15-16,23-24H2,1-6H3,(H,37,41)/t32-/m1/s1. The van der Waals surface area contributed by atoms with Crippen molar-refractivity contribution < 1.29 is 27.5 Å². The molecule has 2 amide bonds. The number of methoxy groups -OCH3 is 2. The molecule has 46 heavy (non-hydrogen) atoms. The molecular weight excluding hydrogens is 602 g/mol. The van der Waals surface area contributed by atoms with Crippen LogP contribution in [0.1, 0.15) is 67.7 Å². The predicted molar refractivity (Wildman–Crippen MR) is 181 cm³/mol. The second-order valence-corrected chi connectivity index (χ2v) is 14.0. The van der Waals surface area contributed by atoms with Crippen molar-refractivity contribution in [2.75, 3.05) is 25.1 Å². The molecule has 1 aliphatic rings. The minimum Gasteiger partial charge on any atom is -0.493 e. The summed E-state index contributed by atoms with van der Waals surface area (Å²) in [5, 5.41) is 3.19. The van der Waals surface area contributed by atoms with Crippen LogP contribution in [0.2, 0.25) is 0 Å². The molecule has 1 N–H and O–H groups in total. The Morgan fingerprint density at radius 3 is 2.15 bits per heavy atom. The molecule has 10 heteroatoms. The first-order chi connectivity index (χ1) is 22.0. The Balaban J connectivity index is 1.77. The zero-order valence-electron chi connectivity index (χ0n) is 27.8. The molecule has 0 radical (unpaired) electrons. The molecule has 1 atom stereocenters. The highest BCUT2D eigenvalue weighted by molar-refractivity contribution is 7.92. The molecule has 3 aromatic rings. The number of nitrogens with zero attached hydrogens (tertiary/aromatic N) is 2. The normalized spacial score (nSPS) is 14.3. The van der Waals surface area contributed by atoms with Crippen LogP contribution in [0.5, 0.6) is 11.5 Å². The van der Waals surface area contributed by atoms with Gasteiger partial charge in [-0.1, -0.05) is 56.5 Å². The average molecular weight is 650 g/mol. The second-order valence-electron chi connectivity index (χ2n) is 12.1. The molecule has 0 unspecified atom stereocenters. The molecule has 0 aromatic heterocycles. The SMILES string of the molecule is CC[C@H](C(=O)NC1CCCCC1)N(Cc1ccccc1C)C(=O)CN(c1cc(C)cc(C)c1)S(=O)(=O)c1ccc(OC)c(OC)c1. The third kappa shape index (κ3) is 8.20. The minimum atomic E-state index is -4.28. The molecule has 0 saturated heterocycles. The van der Waals surface area contributed by atoms with Gasteiger partial charge in [0.05, 0.1) is 24.8 Å². The number of ether oxygens (including phenoxy) is 2. The molecule has 1 saturated carbocycles. The minimum absolute atomic E-state index is 0.0513. The summed E-state index contributed by atoms with van der Waals surface area (Å²) in [5.41, 5.74) is 3.93. The maximum absolute atomic E-state index is 14.5. The van der Waals surface area contributed by atoms with Gasteiger partial charge in [0.25, 0.3) is 10.0 Å². The zero-order valence-corrected chi connectivity index (χ0v) is 28.7. The molecule has 3 aromatic carbocycles. The van der Waals surface area contributed by atoms with Crippen LogP contribution in [0.4, 0.5) is 5.69 Å². The first-order valence-electron chi connectivity index (χ1n) is 16.0. The summed E-state index contributed by atoms with van der Waals surface area (Å²) in [6.45, 7) is 7.27. The van der Waals surface area contributed by atoms with Gasteiger partial charge in [0.1, 0.15) is 12.6 Å². The van der Waals surface area contributed by atoms with E-state index in [1.165, 1.54) is 32.4 Å². The summed E-state index contributed by atoms with van der Waals surface area (Å²) in [6, 6.07) is 16.8. The number of carbonyl (C=O) groups excluding carboxylic acids is 2. The molecule has 1 aliphatic carbocycles. The van der Waals surface area contributed by atoms with Crippen molar-refractivity contribution in [3.05, 3.63) is 82.9 Å². The fraction of sp³-hybridized carbons (Fsp3) is 0.444. The van der Waals surface area contributed by atoms with Crippen molar-refractivity contribution in [3.63, 3.8) is 0 Å². The highest BCUT2D eigenvalue weighted by Crippen LogP contribution is 2.33. The number of hydrogen-bond acceptors (Lipinski definition) is 6. The Hall–Kier alpha value is -4.05. The highest BCUT2D eigenvalue weighted by Gasteiger charge is 2.35. The van der Waals surface area contributed by atoms with Crippen LogP contribution in [0, 0.1) is 20.8 Å². The van der Waals surface area contributed by atoms with Crippen LogP contribution in [-0.2, 0) is 26.2 Å². The number of rotatable bonds is 13. The number of benzene rings is 3. The lowest BCUT2D eigenvalue weighted by Crippen LogP contribution is -2.54. The highest BCUT2D eigenvalue weighted by atomic mass is 32.2. The number of carbonyl (C=O) groups is 2. The van der Waals surface area contributed by atoms with Crippen molar-refractivity contribution in [1.82, 2.24) is 10.2 Å². The summed E-state index contributed by atoms with van der Waals surface area (Å²) < 4.78 is 40.7. The van der Waals surface area contributed by atoms with E-state index < -0.39 is 28.5 Å². The van der Waals surface area contributed by atoms with E-state index in [1.807, 2.05) is 58.0 Å². The van der Waals surface area contributed by atoms with Crippen LogP contribution in [0.25, 0.3) is 0 Å². The van der Waals surface area contributed by atoms with Gasteiger partial charge in [0, 0.05) is 18.7 Å². The van der Waals surface area contributed by atoms with E-state index in [2.05, 4.69) is 5.32 Å². The van der Waals surface area contributed by atoms with E-state index in [0.29, 0.717) is 17.9 Å². The third-order valence-corrected chi connectivity index (χ3v) is 10.4. The Bertz CT molecular complexity index is 1610. The zero-order chi connectivity index (χ0) is 33.4. The van der Waals surface area contributed by atoms with E-state index in [4.69, 9.17) is 9.47 Å². The number of aryl methyl sites for hydroxylation is 3. The van der Waals surface area contributed by atoms with Crippen LogP contribution >= 0.6 is 0 Å². The molecule has 1 fully saturated rings. The van der Waals surface area contributed by atoms with Crippen molar-refractivity contribution in [2.24, 2.45) is 0 Å². The molecule has 9 nitrogen and oxygen atoms in total. The molecule has 4 rings (SSSR count). The van der Waals surface area contributed by atoms with E-state index in [-0.39, 0.29) is 29.1 Å². The fourth-order valence-corrected chi connectivity index (χ4v) is 7.58. The molecule has 0 aliphatic heterocycles. The lowest BCUT2D eigenvalue weighted by atomic mass is 9.95. The van der Waals surface area contributed by atoms with Gasteiger partial charge in [-0.05, 0) is 86.6 Å². The maximum Gasteiger partial charge on any atom is 0.264 e. The quantitative estimate of drug-likeness (QED) is 0.241. The fourth-order valence-electron chi connectivity index (χ4n) is 6.16. The van der Waals surface area contributed by atoms with E-state index in [0.717, 1.165) is 58.7 Å². The van der Waals surface area contributed by atoms with Gasteiger partial charge >= 0.3 is 0 Å². The molecule has 0 heterocycles. The van der Waals surface area contributed by atoms with Crippen molar-refractivity contribution >= 4 is 27.5 Å². The van der Waals surface area contributed by atoms with Crippen molar-refractivity contribution in [1.29, 1.82) is 0 Å². The molecule has 248 valence electrons. The largest absolute Gasteiger partial charge is 0.493 e. The van der Waals surface area contributed by atoms with Crippen LogP contribution < -0.4 is 19.1 Å². The van der Waals surface area contributed by atoms with Crippen LogP contribution in [0.3, 0.4) is 0 Å². The third-order valence-electron chi connectivity index (χ3n) is 8.66. The van der Waals surface area contributed by atoms with Crippen LogP contribution in [-0.4, -0.2) is 58.0 Å². The van der Waals surface area contributed by atoms with E-state index in [9.17, 15) is 18.0 Å². The smallest absolute Gasteiger partial charge is 0.264 e. The lowest BCUT2D eigenvalue weighted by Gasteiger charge is -2.35. The van der Waals surface area contributed by atoms with Crippen molar-refractivity contribution in [2.45, 2.75) is 89.7 Å².